The van der Waals surface area contributed by atoms with Crippen LogP contribution >= 0.6 is 23.2 Å². The molecule has 0 radical (unpaired) electrons. The summed E-state index contributed by atoms with van der Waals surface area (Å²) >= 11 is 11.8. The number of hydrogen-bond donors (Lipinski definition) is 2. The third-order valence-corrected chi connectivity index (χ3v) is 4.52. The van der Waals surface area contributed by atoms with Gasteiger partial charge in [-0.05, 0) is 24.3 Å². The average Bonchev–Trinajstić information content (AvgIpc) is 3.03. The van der Waals surface area contributed by atoms with Crippen LogP contribution in [0.4, 0.5) is 14.9 Å². The zero-order chi connectivity index (χ0) is 18.7. The van der Waals surface area contributed by atoms with Gasteiger partial charge in [0.1, 0.15) is 17.7 Å². The number of aromatic nitrogens is 2. The molecule has 0 saturated heterocycles. The van der Waals surface area contributed by atoms with Gasteiger partial charge in [0.2, 0.25) is 0 Å². The van der Waals surface area contributed by atoms with Crippen LogP contribution in [0.15, 0.2) is 54.9 Å². The molecule has 26 heavy (non-hydrogen) atoms. The molecule has 2 amide bonds. The van der Waals surface area contributed by atoms with Crippen LogP contribution < -0.4 is 10.6 Å². The molecule has 8 heteroatoms. The molecule has 1 heterocycles. The van der Waals surface area contributed by atoms with Crippen molar-refractivity contribution in [3.05, 3.63) is 82.1 Å². The fraction of sp³-hybridized carbons (Fsp3) is 0.111. The third-order valence-electron chi connectivity index (χ3n) is 3.79. The lowest BCUT2D eigenvalue weighted by molar-refractivity contribution is 0.249. The largest absolute Gasteiger partial charge is 0.336 e. The lowest BCUT2D eigenvalue weighted by Gasteiger charge is -2.20. The number of nitrogens with zero attached hydrogens (tertiary/aromatic N) is 2. The van der Waals surface area contributed by atoms with Crippen LogP contribution in [0.3, 0.4) is 0 Å². The summed E-state index contributed by atoms with van der Waals surface area (Å²) in [4.78, 5) is 16.7. The van der Waals surface area contributed by atoms with Crippen LogP contribution in [0.2, 0.25) is 10.0 Å². The highest BCUT2D eigenvalue weighted by Gasteiger charge is 2.23. The predicted octanol–water partition coefficient (Wildman–Crippen LogP) is 4.78. The van der Waals surface area contributed by atoms with E-state index in [9.17, 15) is 9.18 Å². The molecule has 1 aromatic heterocycles. The summed E-state index contributed by atoms with van der Waals surface area (Å²) < 4.78 is 16.0. The number of benzene rings is 2. The molecular formula is C18H15Cl2FN4O. The Kier molecular flexibility index (Phi) is 5.44. The zero-order valence-electron chi connectivity index (χ0n) is 13.7. The second-order valence-electron chi connectivity index (χ2n) is 5.58. The number of imidazole rings is 1. The predicted molar refractivity (Wildman–Crippen MR) is 100 cm³/mol. The van der Waals surface area contributed by atoms with E-state index >= 15 is 0 Å². The number of anilines is 1. The van der Waals surface area contributed by atoms with E-state index in [1.54, 1.807) is 54.3 Å². The van der Waals surface area contributed by atoms with Crippen LogP contribution in [0.1, 0.15) is 17.4 Å². The number of nitrogens with one attached hydrogen (secondary N) is 2. The van der Waals surface area contributed by atoms with Crippen molar-refractivity contribution in [2.45, 2.75) is 6.04 Å². The molecule has 3 aromatic rings. The summed E-state index contributed by atoms with van der Waals surface area (Å²) in [6.07, 6.45) is 3.31. The van der Waals surface area contributed by atoms with Crippen molar-refractivity contribution in [3.8, 4) is 0 Å². The van der Waals surface area contributed by atoms with Crippen LogP contribution in [0.5, 0.6) is 0 Å². The summed E-state index contributed by atoms with van der Waals surface area (Å²) in [6, 6.07) is 9.66. The van der Waals surface area contributed by atoms with Gasteiger partial charge >= 0.3 is 6.03 Å². The van der Waals surface area contributed by atoms with Gasteiger partial charge in [-0.25, -0.2) is 14.2 Å². The third kappa shape index (κ3) is 3.98. The van der Waals surface area contributed by atoms with Crippen molar-refractivity contribution >= 4 is 34.9 Å². The Morgan fingerprint density at radius 2 is 1.96 bits per heavy atom. The number of halogens is 3. The Morgan fingerprint density at radius 1 is 1.19 bits per heavy atom. The molecule has 2 aromatic carbocycles. The van der Waals surface area contributed by atoms with Gasteiger partial charge in [-0.2, -0.15) is 0 Å². The average molecular weight is 393 g/mol. The quantitative estimate of drug-likeness (QED) is 0.671. The highest BCUT2D eigenvalue weighted by atomic mass is 35.5. The summed E-state index contributed by atoms with van der Waals surface area (Å²) in [6.45, 7) is 0. The van der Waals surface area contributed by atoms with E-state index in [0.29, 0.717) is 27.1 Å². The minimum Gasteiger partial charge on any atom is -0.336 e. The number of urea groups is 1. The zero-order valence-corrected chi connectivity index (χ0v) is 15.2. The standard InChI is InChI=1S/C18H15Cl2FN4O/c1-25-9-8-22-17(25)16(12-4-2-3-5-15(12)21)24-18(26)23-11-6-7-13(19)14(20)10-11/h2-10,16H,1H3,(H2,23,24,26)/t16-/m0/s1. The maximum Gasteiger partial charge on any atom is 0.320 e. The molecule has 3 rings (SSSR count). The Balaban J connectivity index is 1.86. The van der Waals surface area contributed by atoms with Crippen molar-refractivity contribution in [2.24, 2.45) is 7.05 Å². The minimum absolute atomic E-state index is 0.311. The summed E-state index contributed by atoms with van der Waals surface area (Å²) in [7, 11) is 1.77. The van der Waals surface area contributed by atoms with E-state index in [1.165, 1.54) is 12.1 Å². The van der Waals surface area contributed by atoms with Gasteiger partial charge in [0, 0.05) is 30.7 Å². The SMILES string of the molecule is Cn1ccnc1[C@@H](NC(=O)Nc1ccc(Cl)c(Cl)c1)c1ccccc1F. The van der Waals surface area contributed by atoms with Gasteiger partial charge in [-0.1, -0.05) is 41.4 Å². The molecule has 0 aliphatic carbocycles. The van der Waals surface area contributed by atoms with Gasteiger partial charge in [-0.3, -0.25) is 0 Å². The molecular weight excluding hydrogens is 378 g/mol. The Labute approximate surface area is 159 Å². The maximum atomic E-state index is 14.3. The number of aryl methyl sites for hydroxylation is 1. The summed E-state index contributed by atoms with van der Waals surface area (Å²) in [5.74, 6) is 0.0646. The number of carbonyl (C=O) groups excluding carboxylic acids is 1. The fourth-order valence-electron chi connectivity index (χ4n) is 2.52. The lowest BCUT2D eigenvalue weighted by Crippen LogP contribution is -2.35. The van der Waals surface area contributed by atoms with E-state index in [1.807, 2.05) is 0 Å². The monoisotopic (exact) mass is 392 g/mol. The van der Waals surface area contributed by atoms with Gasteiger partial charge < -0.3 is 15.2 Å². The van der Waals surface area contributed by atoms with E-state index in [-0.39, 0.29) is 0 Å². The Hall–Kier alpha value is -2.57. The molecule has 134 valence electrons. The van der Waals surface area contributed by atoms with Gasteiger partial charge in [0.25, 0.3) is 0 Å². The summed E-state index contributed by atoms with van der Waals surface area (Å²) in [5.41, 5.74) is 0.773. The van der Waals surface area contributed by atoms with E-state index < -0.39 is 17.9 Å². The smallest absolute Gasteiger partial charge is 0.320 e. The number of carbonyl (C=O) groups is 1. The highest BCUT2D eigenvalue weighted by Crippen LogP contribution is 2.26. The first kappa shape index (κ1) is 18.2. The maximum absolute atomic E-state index is 14.3. The van der Waals surface area contributed by atoms with Crippen LogP contribution in [0.25, 0.3) is 0 Å². The Morgan fingerprint density at radius 3 is 2.62 bits per heavy atom. The van der Waals surface area contributed by atoms with Crippen molar-refractivity contribution in [1.29, 1.82) is 0 Å². The molecule has 0 bridgehead atoms. The molecule has 0 saturated carbocycles. The first-order valence-electron chi connectivity index (χ1n) is 7.70. The van der Waals surface area contributed by atoms with Crippen molar-refractivity contribution in [3.63, 3.8) is 0 Å². The van der Waals surface area contributed by atoms with Crippen LogP contribution in [-0.2, 0) is 7.05 Å². The minimum atomic E-state index is -0.765. The molecule has 5 nitrogen and oxygen atoms in total. The molecule has 0 spiro atoms. The second-order valence-corrected chi connectivity index (χ2v) is 6.39. The fourth-order valence-corrected chi connectivity index (χ4v) is 2.82. The molecule has 0 aliphatic rings. The Bertz CT molecular complexity index is 944. The molecule has 2 N–H and O–H groups in total. The van der Waals surface area contributed by atoms with Crippen molar-refractivity contribution in [2.75, 3.05) is 5.32 Å². The van der Waals surface area contributed by atoms with Crippen LogP contribution in [-0.4, -0.2) is 15.6 Å². The number of hydrogen-bond acceptors (Lipinski definition) is 2. The molecule has 0 aliphatic heterocycles. The van der Waals surface area contributed by atoms with E-state index in [0.717, 1.165) is 0 Å². The molecule has 1 atom stereocenters. The van der Waals surface area contributed by atoms with Gasteiger partial charge in [-0.15, -0.1) is 0 Å². The first-order valence-corrected chi connectivity index (χ1v) is 8.45. The second kappa shape index (κ2) is 7.76. The number of rotatable bonds is 4. The summed E-state index contributed by atoms with van der Waals surface area (Å²) in [5, 5.41) is 6.11. The van der Waals surface area contributed by atoms with Crippen molar-refractivity contribution < 1.29 is 9.18 Å². The lowest BCUT2D eigenvalue weighted by atomic mass is 10.1. The normalized spacial score (nSPS) is 11.8. The van der Waals surface area contributed by atoms with E-state index in [2.05, 4.69) is 15.6 Å². The topological polar surface area (TPSA) is 59.0 Å². The molecule has 0 unspecified atom stereocenters. The molecule has 0 fully saturated rings. The number of amides is 2. The van der Waals surface area contributed by atoms with Crippen LogP contribution in [0, 0.1) is 5.82 Å². The first-order chi connectivity index (χ1) is 12.5. The van der Waals surface area contributed by atoms with E-state index in [4.69, 9.17) is 23.2 Å². The van der Waals surface area contributed by atoms with Gasteiger partial charge in [0.05, 0.1) is 10.0 Å². The van der Waals surface area contributed by atoms with Crippen molar-refractivity contribution in [1.82, 2.24) is 14.9 Å². The van der Waals surface area contributed by atoms with Gasteiger partial charge in [0.15, 0.2) is 0 Å². The highest BCUT2D eigenvalue weighted by molar-refractivity contribution is 6.42.